The smallest absolute Gasteiger partial charge is 0.284 e. The molecule has 1 fully saturated rings. The van der Waals surface area contributed by atoms with E-state index >= 15 is 0 Å². The monoisotopic (exact) mass is 563 g/mol. The Morgan fingerprint density at radius 1 is 1.19 bits per heavy atom. The molecule has 1 aliphatic carbocycles. The number of anilines is 1. The van der Waals surface area contributed by atoms with E-state index in [1.807, 2.05) is 7.05 Å². The molecular formula is C24H30ClN7O3S2. The molecule has 3 N–H and O–H groups in total. The van der Waals surface area contributed by atoms with Crippen LogP contribution in [-0.4, -0.2) is 82.2 Å². The van der Waals surface area contributed by atoms with Gasteiger partial charge in [-0.1, -0.05) is 23.8 Å². The van der Waals surface area contributed by atoms with Crippen molar-refractivity contribution in [3.05, 3.63) is 38.9 Å². The van der Waals surface area contributed by atoms with E-state index in [4.69, 9.17) is 23.8 Å². The Morgan fingerprint density at radius 2 is 1.97 bits per heavy atom. The number of halogens is 1. The zero-order chi connectivity index (χ0) is 26.7. The number of hydrogen-bond acceptors (Lipinski definition) is 8. The van der Waals surface area contributed by atoms with Gasteiger partial charge in [0.2, 0.25) is 5.91 Å². The maximum Gasteiger partial charge on any atom is 0.284 e. The van der Waals surface area contributed by atoms with E-state index in [1.54, 1.807) is 31.1 Å². The van der Waals surface area contributed by atoms with Gasteiger partial charge >= 0.3 is 0 Å². The van der Waals surface area contributed by atoms with E-state index in [0.717, 1.165) is 30.1 Å². The summed E-state index contributed by atoms with van der Waals surface area (Å²) in [4.78, 5) is 52.1. The molecule has 3 amide bonds. The molecule has 0 radical (unpaired) electrons. The third-order valence-electron chi connectivity index (χ3n) is 6.56. The van der Waals surface area contributed by atoms with Crippen molar-refractivity contribution in [1.29, 1.82) is 0 Å². The van der Waals surface area contributed by atoms with Crippen molar-refractivity contribution in [1.82, 2.24) is 30.4 Å². The average molecular weight is 564 g/mol. The normalized spacial score (nSPS) is 21.5. The predicted molar refractivity (Wildman–Crippen MR) is 147 cm³/mol. The molecule has 1 saturated carbocycles. The number of nitrogens with one attached hydrogen (secondary N) is 3. The van der Waals surface area contributed by atoms with Gasteiger partial charge in [0, 0.05) is 56.6 Å². The van der Waals surface area contributed by atoms with E-state index in [2.05, 4.69) is 30.8 Å². The highest BCUT2D eigenvalue weighted by Gasteiger charge is 2.37. The number of thiocarbonyl (C=S) groups is 1. The summed E-state index contributed by atoms with van der Waals surface area (Å²) in [6, 6.07) is 2.45. The van der Waals surface area contributed by atoms with E-state index in [0.29, 0.717) is 35.1 Å². The maximum absolute atomic E-state index is 13.2. The minimum Gasteiger partial charge on any atom is -0.367 e. The van der Waals surface area contributed by atoms with Crippen LogP contribution in [0.1, 0.15) is 39.6 Å². The zero-order valence-electron chi connectivity index (χ0n) is 20.9. The fourth-order valence-corrected chi connectivity index (χ4v) is 6.00. The van der Waals surface area contributed by atoms with Crippen LogP contribution < -0.4 is 16.0 Å². The summed E-state index contributed by atoms with van der Waals surface area (Å²) in [5.74, 6) is -0.700. The van der Waals surface area contributed by atoms with Crippen LogP contribution in [0.3, 0.4) is 0 Å². The van der Waals surface area contributed by atoms with Gasteiger partial charge in [-0.2, -0.15) is 0 Å². The lowest BCUT2D eigenvalue weighted by Crippen LogP contribution is -2.56. The fraction of sp³-hybridized carbons (Fsp3) is 0.500. The van der Waals surface area contributed by atoms with Crippen LogP contribution in [-0.2, 0) is 22.6 Å². The van der Waals surface area contributed by atoms with Gasteiger partial charge in [-0.3, -0.25) is 14.4 Å². The second-order valence-electron chi connectivity index (χ2n) is 9.60. The quantitative estimate of drug-likeness (QED) is 0.473. The number of fused-ring (bicyclic) bond motifs is 1. The SMILES string of the molecule is CN1CCc2nc(C(=O)NC3CC(C(=O)N(C)C)CCC3NC(=S)C(=O)Nc3ccc(Cl)cn3)sc2C1. The molecule has 0 bridgehead atoms. The largest absolute Gasteiger partial charge is 0.367 e. The number of carbonyl (C=O) groups excluding carboxylic acids is 3. The maximum atomic E-state index is 13.2. The zero-order valence-corrected chi connectivity index (χ0v) is 23.3. The van der Waals surface area contributed by atoms with Crippen LogP contribution in [0.15, 0.2) is 18.3 Å². The average Bonchev–Trinajstić information content (AvgIpc) is 3.29. The first-order chi connectivity index (χ1) is 17.6. The van der Waals surface area contributed by atoms with E-state index < -0.39 is 11.9 Å². The highest BCUT2D eigenvalue weighted by Crippen LogP contribution is 2.28. The van der Waals surface area contributed by atoms with Gasteiger partial charge in [-0.05, 0) is 38.4 Å². The third kappa shape index (κ3) is 6.81. The van der Waals surface area contributed by atoms with Gasteiger partial charge in [-0.25, -0.2) is 9.97 Å². The van der Waals surface area contributed by atoms with Crippen molar-refractivity contribution in [2.75, 3.05) is 33.0 Å². The van der Waals surface area contributed by atoms with Crippen molar-refractivity contribution < 1.29 is 14.4 Å². The number of nitrogens with zero attached hydrogens (tertiary/aromatic N) is 4. The molecule has 3 unspecified atom stereocenters. The summed E-state index contributed by atoms with van der Waals surface area (Å²) in [6.45, 7) is 1.69. The molecule has 4 rings (SSSR count). The molecular weight excluding hydrogens is 534 g/mol. The first kappa shape index (κ1) is 27.4. The molecule has 13 heteroatoms. The van der Waals surface area contributed by atoms with Gasteiger partial charge in [0.15, 0.2) is 10.00 Å². The molecule has 0 spiro atoms. The lowest BCUT2D eigenvalue weighted by atomic mass is 9.81. The standard InChI is InChI=1S/C24H30ClN7O3S2/c1-31(2)24(35)13-4-6-15(28-22(36)20(33)30-19-7-5-14(25)11-26-19)17(10-13)27-21(34)23-29-16-8-9-32(3)12-18(16)37-23/h5,7,11,13,15,17H,4,6,8-10,12H2,1-3H3,(H,27,34)(H,28,36)(H,26,30,33). The second-order valence-corrected chi connectivity index (χ2v) is 11.5. The molecule has 3 atom stereocenters. The highest BCUT2D eigenvalue weighted by molar-refractivity contribution is 7.82. The summed E-state index contributed by atoms with van der Waals surface area (Å²) in [5, 5.41) is 9.68. The van der Waals surface area contributed by atoms with Crippen LogP contribution >= 0.6 is 35.2 Å². The van der Waals surface area contributed by atoms with Crippen LogP contribution in [0, 0.1) is 5.92 Å². The molecule has 1 aliphatic heterocycles. The molecule has 2 aromatic rings. The Labute approximate surface area is 230 Å². The van der Waals surface area contributed by atoms with Gasteiger partial charge < -0.3 is 25.8 Å². The van der Waals surface area contributed by atoms with Crippen molar-refractivity contribution in [2.45, 2.75) is 44.3 Å². The van der Waals surface area contributed by atoms with Gasteiger partial charge in [-0.15, -0.1) is 11.3 Å². The summed E-state index contributed by atoms with van der Waals surface area (Å²) in [5.41, 5.74) is 0.973. The molecule has 2 aromatic heterocycles. The lowest BCUT2D eigenvalue weighted by Gasteiger charge is -2.37. The topological polar surface area (TPSA) is 120 Å². The van der Waals surface area contributed by atoms with E-state index in [1.165, 1.54) is 17.5 Å². The van der Waals surface area contributed by atoms with Crippen molar-refractivity contribution >= 4 is 63.7 Å². The van der Waals surface area contributed by atoms with Crippen LogP contribution in [0.4, 0.5) is 5.82 Å². The molecule has 0 saturated heterocycles. The first-order valence-electron chi connectivity index (χ1n) is 12.0. The van der Waals surface area contributed by atoms with Crippen molar-refractivity contribution in [2.24, 2.45) is 5.92 Å². The Hall–Kier alpha value is -2.67. The van der Waals surface area contributed by atoms with Gasteiger partial charge in [0.05, 0.1) is 16.8 Å². The number of rotatable bonds is 5. The number of pyridine rings is 1. The number of amides is 3. The Balaban J connectivity index is 1.45. The Bertz CT molecular complexity index is 1190. The third-order valence-corrected chi connectivity index (χ3v) is 8.17. The molecule has 198 valence electrons. The van der Waals surface area contributed by atoms with Crippen LogP contribution in [0.5, 0.6) is 0 Å². The predicted octanol–water partition coefficient (Wildman–Crippen LogP) is 2.09. The van der Waals surface area contributed by atoms with Crippen molar-refractivity contribution in [3.8, 4) is 0 Å². The van der Waals surface area contributed by atoms with Crippen LogP contribution in [0.25, 0.3) is 0 Å². The fourth-order valence-electron chi connectivity index (χ4n) is 4.60. The molecule has 10 nitrogen and oxygen atoms in total. The number of aromatic nitrogens is 2. The number of thiazole rings is 1. The van der Waals surface area contributed by atoms with E-state index in [-0.39, 0.29) is 28.8 Å². The minimum atomic E-state index is -0.516. The molecule has 37 heavy (non-hydrogen) atoms. The molecule has 2 aliphatic rings. The van der Waals surface area contributed by atoms with E-state index in [9.17, 15) is 14.4 Å². The van der Waals surface area contributed by atoms with Gasteiger partial charge in [0.1, 0.15) is 5.82 Å². The summed E-state index contributed by atoms with van der Waals surface area (Å²) >= 11 is 12.6. The van der Waals surface area contributed by atoms with Crippen LogP contribution in [0.2, 0.25) is 5.02 Å². The number of carbonyl (C=O) groups is 3. The minimum absolute atomic E-state index is 0.0135. The summed E-state index contributed by atoms with van der Waals surface area (Å²) in [6.07, 6.45) is 3.84. The first-order valence-corrected chi connectivity index (χ1v) is 13.6. The van der Waals surface area contributed by atoms with Gasteiger partial charge in [0.25, 0.3) is 11.8 Å². The molecule has 3 heterocycles. The Morgan fingerprint density at radius 3 is 2.68 bits per heavy atom. The molecule has 0 aromatic carbocycles. The summed E-state index contributed by atoms with van der Waals surface area (Å²) in [7, 11) is 5.49. The highest BCUT2D eigenvalue weighted by atomic mass is 35.5. The second kappa shape index (κ2) is 11.8. The number of hydrogen-bond donors (Lipinski definition) is 3. The lowest BCUT2D eigenvalue weighted by molar-refractivity contribution is -0.134. The number of likely N-dealkylation sites (N-methyl/N-ethyl adjacent to an activating group) is 1. The van der Waals surface area contributed by atoms with Crippen molar-refractivity contribution in [3.63, 3.8) is 0 Å². The Kier molecular flexibility index (Phi) is 8.73. The summed E-state index contributed by atoms with van der Waals surface area (Å²) < 4.78 is 0.